The Morgan fingerprint density at radius 1 is 0.862 bits per heavy atom. The number of benzene rings is 2. The summed E-state index contributed by atoms with van der Waals surface area (Å²) < 4.78 is 11.8. The second-order valence-electron chi connectivity index (χ2n) is 6.81. The number of halogens is 2. The molecule has 0 fully saturated rings. The van der Waals surface area contributed by atoms with Crippen LogP contribution >= 0.6 is 23.2 Å². The van der Waals surface area contributed by atoms with E-state index in [4.69, 9.17) is 32.7 Å². The van der Waals surface area contributed by atoms with Crippen molar-refractivity contribution in [3.63, 3.8) is 0 Å². The summed E-state index contributed by atoms with van der Waals surface area (Å²) in [5, 5.41) is 4.58. The molecule has 4 nitrogen and oxygen atoms in total. The lowest BCUT2D eigenvalue weighted by molar-refractivity contribution is 0.269. The SMILES string of the molecule is CCOc1cc(CNCCCN(CC)CC)ccc1OCc1ccc(Cl)c(Cl)c1. The van der Waals surface area contributed by atoms with Crippen molar-refractivity contribution in [1.82, 2.24) is 10.2 Å². The van der Waals surface area contributed by atoms with Crippen molar-refractivity contribution < 1.29 is 9.47 Å². The number of hydrogen-bond donors (Lipinski definition) is 1. The van der Waals surface area contributed by atoms with Crippen LogP contribution in [0.4, 0.5) is 0 Å². The molecular weight excluding hydrogens is 407 g/mol. The molecule has 0 saturated carbocycles. The van der Waals surface area contributed by atoms with Crippen molar-refractivity contribution in [3.8, 4) is 11.5 Å². The lowest BCUT2D eigenvalue weighted by Crippen LogP contribution is -2.27. The highest BCUT2D eigenvalue weighted by Gasteiger charge is 2.08. The molecule has 0 radical (unpaired) electrons. The summed E-state index contributed by atoms with van der Waals surface area (Å²) in [5.74, 6) is 1.48. The Morgan fingerprint density at radius 2 is 1.62 bits per heavy atom. The van der Waals surface area contributed by atoms with E-state index < -0.39 is 0 Å². The zero-order chi connectivity index (χ0) is 21.1. The van der Waals surface area contributed by atoms with Crippen LogP contribution < -0.4 is 14.8 Å². The van der Waals surface area contributed by atoms with Crippen LogP contribution in [-0.2, 0) is 13.2 Å². The van der Waals surface area contributed by atoms with Gasteiger partial charge in [-0.15, -0.1) is 0 Å². The normalized spacial score (nSPS) is 11.1. The fourth-order valence-electron chi connectivity index (χ4n) is 3.04. The molecule has 0 aromatic heterocycles. The first kappa shape index (κ1) is 23.8. The van der Waals surface area contributed by atoms with Crippen LogP contribution in [0.3, 0.4) is 0 Å². The maximum atomic E-state index is 6.08. The maximum Gasteiger partial charge on any atom is 0.161 e. The maximum absolute atomic E-state index is 6.08. The molecule has 0 saturated heterocycles. The van der Waals surface area contributed by atoms with Gasteiger partial charge in [0.2, 0.25) is 0 Å². The van der Waals surface area contributed by atoms with E-state index >= 15 is 0 Å². The molecule has 0 atom stereocenters. The Kier molecular flexibility index (Phi) is 10.6. The highest BCUT2D eigenvalue weighted by atomic mass is 35.5. The average molecular weight is 439 g/mol. The van der Waals surface area contributed by atoms with E-state index in [0.29, 0.717) is 23.3 Å². The summed E-state index contributed by atoms with van der Waals surface area (Å²) in [5.41, 5.74) is 2.14. The minimum absolute atomic E-state index is 0.403. The van der Waals surface area contributed by atoms with Gasteiger partial charge in [-0.2, -0.15) is 0 Å². The summed E-state index contributed by atoms with van der Waals surface area (Å²) in [6.07, 6.45) is 1.14. The van der Waals surface area contributed by atoms with Crippen molar-refractivity contribution in [2.24, 2.45) is 0 Å². The van der Waals surface area contributed by atoms with Crippen LogP contribution in [0, 0.1) is 0 Å². The van der Waals surface area contributed by atoms with Gasteiger partial charge in [0, 0.05) is 6.54 Å². The van der Waals surface area contributed by atoms with Gasteiger partial charge >= 0.3 is 0 Å². The molecule has 0 aliphatic carbocycles. The van der Waals surface area contributed by atoms with Crippen LogP contribution in [-0.4, -0.2) is 37.7 Å². The fraction of sp³-hybridized carbons (Fsp3) is 0.478. The summed E-state index contributed by atoms with van der Waals surface area (Å²) in [6.45, 7) is 12.5. The second kappa shape index (κ2) is 13.0. The quantitative estimate of drug-likeness (QED) is 0.401. The molecule has 0 unspecified atom stereocenters. The third-order valence-electron chi connectivity index (χ3n) is 4.74. The molecule has 0 spiro atoms. The minimum Gasteiger partial charge on any atom is -0.490 e. The highest BCUT2D eigenvalue weighted by Crippen LogP contribution is 2.30. The molecule has 0 aliphatic rings. The van der Waals surface area contributed by atoms with E-state index in [2.05, 4.69) is 30.1 Å². The second-order valence-corrected chi connectivity index (χ2v) is 7.62. The first-order chi connectivity index (χ1) is 14.1. The summed E-state index contributed by atoms with van der Waals surface area (Å²) in [7, 11) is 0. The van der Waals surface area contributed by atoms with Crippen molar-refractivity contribution in [2.45, 2.75) is 40.3 Å². The van der Waals surface area contributed by atoms with E-state index in [-0.39, 0.29) is 0 Å². The Bertz CT molecular complexity index is 752. The number of rotatable bonds is 13. The Morgan fingerprint density at radius 3 is 2.31 bits per heavy atom. The molecule has 0 heterocycles. The third kappa shape index (κ3) is 8.06. The van der Waals surface area contributed by atoms with E-state index in [0.717, 1.165) is 56.2 Å². The van der Waals surface area contributed by atoms with E-state index in [9.17, 15) is 0 Å². The number of hydrogen-bond acceptors (Lipinski definition) is 4. The molecule has 1 N–H and O–H groups in total. The first-order valence-electron chi connectivity index (χ1n) is 10.3. The third-order valence-corrected chi connectivity index (χ3v) is 5.48. The molecular formula is C23H32Cl2N2O2. The molecule has 2 aromatic carbocycles. The molecule has 2 rings (SSSR count). The average Bonchev–Trinajstić information content (AvgIpc) is 2.73. The monoisotopic (exact) mass is 438 g/mol. The van der Waals surface area contributed by atoms with Gasteiger partial charge in [0.25, 0.3) is 0 Å². The Balaban J connectivity index is 1.89. The van der Waals surface area contributed by atoms with Crippen LogP contribution in [0.25, 0.3) is 0 Å². The molecule has 0 amide bonds. The molecule has 0 aliphatic heterocycles. The standard InChI is InChI=1S/C23H32Cl2N2O2/c1-4-27(5-2)13-7-12-26-16-18-9-11-22(23(15-18)28-6-3)29-17-19-8-10-20(24)21(25)14-19/h8-11,14-15,26H,4-7,12-13,16-17H2,1-3H3. The van der Waals surface area contributed by atoms with Crippen molar-refractivity contribution in [1.29, 1.82) is 0 Å². The topological polar surface area (TPSA) is 33.7 Å². The van der Waals surface area contributed by atoms with E-state index in [1.54, 1.807) is 6.07 Å². The van der Waals surface area contributed by atoms with Crippen LogP contribution in [0.5, 0.6) is 11.5 Å². The summed E-state index contributed by atoms with van der Waals surface area (Å²) >= 11 is 12.1. The fourth-order valence-corrected chi connectivity index (χ4v) is 3.36. The van der Waals surface area contributed by atoms with E-state index in [1.165, 1.54) is 5.56 Å². The number of ether oxygens (including phenoxy) is 2. The smallest absolute Gasteiger partial charge is 0.161 e. The highest BCUT2D eigenvalue weighted by molar-refractivity contribution is 6.42. The van der Waals surface area contributed by atoms with Crippen molar-refractivity contribution in [3.05, 3.63) is 57.6 Å². The zero-order valence-electron chi connectivity index (χ0n) is 17.6. The van der Waals surface area contributed by atoms with Crippen LogP contribution in [0.1, 0.15) is 38.3 Å². The zero-order valence-corrected chi connectivity index (χ0v) is 19.2. The van der Waals surface area contributed by atoms with Crippen LogP contribution in [0.15, 0.2) is 36.4 Å². The predicted octanol–water partition coefficient (Wildman–Crippen LogP) is 5.79. The van der Waals surface area contributed by atoms with E-state index in [1.807, 2.05) is 31.2 Å². The summed E-state index contributed by atoms with van der Waals surface area (Å²) in [6, 6.07) is 11.6. The molecule has 160 valence electrons. The molecule has 29 heavy (non-hydrogen) atoms. The Hall–Kier alpha value is -1.46. The predicted molar refractivity (Wildman–Crippen MR) is 123 cm³/mol. The van der Waals surface area contributed by atoms with Gasteiger partial charge in [-0.3, -0.25) is 0 Å². The van der Waals surface area contributed by atoms with Gasteiger partial charge in [-0.05, 0) is 74.9 Å². The molecule has 2 aromatic rings. The number of nitrogens with one attached hydrogen (secondary N) is 1. The molecule has 0 bridgehead atoms. The van der Waals surface area contributed by atoms with Gasteiger partial charge in [-0.25, -0.2) is 0 Å². The van der Waals surface area contributed by atoms with Gasteiger partial charge in [0.05, 0.1) is 16.7 Å². The number of nitrogens with zero attached hydrogens (tertiary/aromatic N) is 1. The van der Waals surface area contributed by atoms with Crippen LogP contribution in [0.2, 0.25) is 10.0 Å². The van der Waals surface area contributed by atoms with Gasteiger partial charge in [0.1, 0.15) is 6.61 Å². The Labute approximate surface area is 185 Å². The first-order valence-corrected chi connectivity index (χ1v) is 11.1. The van der Waals surface area contributed by atoms with Gasteiger partial charge in [-0.1, -0.05) is 49.2 Å². The summed E-state index contributed by atoms with van der Waals surface area (Å²) in [4.78, 5) is 2.44. The van der Waals surface area contributed by atoms with Gasteiger partial charge < -0.3 is 19.7 Å². The van der Waals surface area contributed by atoms with Crippen molar-refractivity contribution in [2.75, 3.05) is 32.8 Å². The largest absolute Gasteiger partial charge is 0.490 e. The molecule has 6 heteroatoms. The van der Waals surface area contributed by atoms with Crippen molar-refractivity contribution >= 4 is 23.2 Å². The van der Waals surface area contributed by atoms with Gasteiger partial charge in [0.15, 0.2) is 11.5 Å². The minimum atomic E-state index is 0.403. The lowest BCUT2D eigenvalue weighted by Gasteiger charge is -2.18. The lowest BCUT2D eigenvalue weighted by atomic mass is 10.2.